The molecule has 1 saturated heterocycles. The average Bonchev–Trinajstić information content (AvgIpc) is 3.07. The molecule has 5 rings (SSSR count). The van der Waals surface area contributed by atoms with Crippen LogP contribution in [0.2, 0.25) is 0 Å². The molecule has 0 aliphatic carbocycles. The number of benzene rings is 3. The van der Waals surface area contributed by atoms with E-state index in [1.54, 1.807) is 13.0 Å². The number of amides is 4. The van der Waals surface area contributed by atoms with E-state index in [1.807, 2.05) is 61.5 Å². The van der Waals surface area contributed by atoms with Gasteiger partial charge in [0.1, 0.15) is 25.3 Å². The Morgan fingerprint density at radius 2 is 1.76 bits per heavy atom. The molecule has 0 bridgehead atoms. The summed E-state index contributed by atoms with van der Waals surface area (Å²) in [5, 5.41) is 7.62. The molecule has 0 aromatic heterocycles. The van der Waals surface area contributed by atoms with Gasteiger partial charge in [-0.15, -0.1) is 0 Å². The van der Waals surface area contributed by atoms with Crippen LogP contribution in [0.15, 0.2) is 60.7 Å². The fourth-order valence-corrected chi connectivity index (χ4v) is 4.38. The Bertz CT molecular complexity index is 1310. The van der Waals surface area contributed by atoms with E-state index in [0.717, 1.165) is 21.2 Å². The van der Waals surface area contributed by atoms with Gasteiger partial charge in [0.15, 0.2) is 11.5 Å². The molecule has 8 nitrogen and oxygen atoms in total. The summed E-state index contributed by atoms with van der Waals surface area (Å²) >= 11 is 0. The summed E-state index contributed by atoms with van der Waals surface area (Å²) in [6.45, 7) is 4.09. The highest BCUT2D eigenvalue weighted by molar-refractivity contribution is 6.09. The lowest BCUT2D eigenvalue weighted by Gasteiger charge is -2.23. The fraction of sp³-hybridized carbons (Fsp3) is 0.269. The Morgan fingerprint density at radius 1 is 1.03 bits per heavy atom. The molecule has 0 spiro atoms. The minimum absolute atomic E-state index is 0.351. The number of fused-ring (bicyclic) bond motifs is 2. The molecule has 0 unspecified atom stereocenters. The molecule has 3 aromatic carbocycles. The zero-order valence-electron chi connectivity index (χ0n) is 19.0. The molecule has 2 aliphatic rings. The predicted molar refractivity (Wildman–Crippen MR) is 126 cm³/mol. The molecule has 1 fully saturated rings. The second kappa shape index (κ2) is 8.37. The highest BCUT2D eigenvalue weighted by Crippen LogP contribution is 2.33. The second-order valence-electron chi connectivity index (χ2n) is 8.70. The van der Waals surface area contributed by atoms with Gasteiger partial charge in [-0.3, -0.25) is 14.5 Å². The van der Waals surface area contributed by atoms with Gasteiger partial charge in [0.2, 0.25) is 5.91 Å². The van der Waals surface area contributed by atoms with E-state index in [-0.39, 0.29) is 12.6 Å². The maximum absolute atomic E-state index is 13.3. The maximum atomic E-state index is 13.3. The van der Waals surface area contributed by atoms with Crippen LogP contribution in [-0.4, -0.2) is 42.5 Å². The Labute approximate surface area is 196 Å². The van der Waals surface area contributed by atoms with Crippen LogP contribution >= 0.6 is 0 Å². The third-order valence-electron chi connectivity index (χ3n) is 6.35. The van der Waals surface area contributed by atoms with E-state index in [4.69, 9.17) is 9.47 Å². The van der Waals surface area contributed by atoms with Crippen LogP contribution in [0.3, 0.4) is 0 Å². The van der Waals surface area contributed by atoms with Gasteiger partial charge in [0.25, 0.3) is 5.91 Å². The topological polar surface area (TPSA) is 97.0 Å². The van der Waals surface area contributed by atoms with Crippen LogP contribution in [0.25, 0.3) is 10.8 Å². The molecular weight excluding hydrogens is 434 g/mol. The maximum Gasteiger partial charge on any atom is 0.325 e. The molecule has 0 radical (unpaired) electrons. The Hall–Kier alpha value is -4.07. The number of urea groups is 1. The van der Waals surface area contributed by atoms with E-state index in [1.165, 1.54) is 0 Å². The van der Waals surface area contributed by atoms with Crippen LogP contribution in [0, 0.1) is 0 Å². The number of nitrogens with one attached hydrogen (secondary N) is 2. The summed E-state index contributed by atoms with van der Waals surface area (Å²) in [7, 11) is 0. The first-order chi connectivity index (χ1) is 16.3. The van der Waals surface area contributed by atoms with Crippen molar-refractivity contribution >= 4 is 28.6 Å². The van der Waals surface area contributed by atoms with Crippen LogP contribution in [0.5, 0.6) is 11.5 Å². The minimum atomic E-state index is -1.25. The predicted octanol–water partition coefficient (Wildman–Crippen LogP) is 3.26. The van der Waals surface area contributed by atoms with Crippen molar-refractivity contribution in [1.82, 2.24) is 15.5 Å². The number of hydrogen-bond acceptors (Lipinski definition) is 5. The number of hydrogen-bond donors (Lipinski definition) is 2. The summed E-state index contributed by atoms with van der Waals surface area (Å²) in [5.74, 6) is 0.398. The van der Waals surface area contributed by atoms with Crippen molar-refractivity contribution in [3.8, 4) is 11.5 Å². The molecule has 2 heterocycles. The zero-order valence-corrected chi connectivity index (χ0v) is 19.0. The lowest BCUT2D eigenvalue weighted by atomic mass is 9.90. The summed E-state index contributed by atoms with van der Waals surface area (Å²) in [5.41, 5.74) is 0.246. The van der Waals surface area contributed by atoms with Crippen LogP contribution in [0.1, 0.15) is 31.0 Å². The standard InChI is InChI=1S/C26H25N3O5/c1-16(18-8-10-21-22(14-18)34-12-11-33-21)27-23(30)15-29-24(31)26(2,28-25(29)32)20-9-7-17-5-3-4-6-19(17)13-20/h3-10,13-14,16H,11-12,15H2,1-2H3,(H,27,30)(H,28,32)/t16-,26+/m1/s1. The van der Waals surface area contributed by atoms with Crippen LogP contribution in [0.4, 0.5) is 4.79 Å². The molecule has 174 valence electrons. The average molecular weight is 460 g/mol. The van der Waals surface area contributed by atoms with Crippen LogP contribution < -0.4 is 20.1 Å². The fourth-order valence-electron chi connectivity index (χ4n) is 4.38. The number of carbonyl (C=O) groups is 3. The van der Waals surface area contributed by atoms with E-state index in [9.17, 15) is 14.4 Å². The Kier molecular flexibility index (Phi) is 5.36. The number of ether oxygens (including phenoxy) is 2. The van der Waals surface area contributed by atoms with Gasteiger partial charge in [-0.2, -0.15) is 0 Å². The summed E-state index contributed by atoms with van der Waals surface area (Å²) in [6.07, 6.45) is 0. The molecule has 3 aromatic rings. The Morgan fingerprint density at radius 3 is 2.56 bits per heavy atom. The van der Waals surface area contributed by atoms with Gasteiger partial charge in [0.05, 0.1) is 6.04 Å². The second-order valence-corrected chi connectivity index (χ2v) is 8.70. The van der Waals surface area contributed by atoms with Crippen molar-refractivity contribution in [2.75, 3.05) is 19.8 Å². The van der Waals surface area contributed by atoms with Gasteiger partial charge >= 0.3 is 6.03 Å². The molecule has 2 N–H and O–H groups in total. The first-order valence-corrected chi connectivity index (χ1v) is 11.2. The Balaban J connectivity index is 1.29. The van der Waals surface area contributed by atoms with Gasteiger partial charge < -0.3 is 20.1 Å². The summed E-state index contributed by atoms with van der Waals surface area (Å²) in [4.78, 5) is 39.6. The number of rotatable bonds is 5. The van der Waals surface area contributed by atoms with Crippen molar-refractivity contribution in [2.24, 2.45) is 0 Å². The van der Waals surface area contributed by atoms with Crippen molar-refractivity contribution in [3.63, 3.8) is 0 Å². The lowest BCUT2D eigenvalue weighted by molar-refractivity contribution is -0.135. The van der Waals surface area contributed by atoms with Gasteiger partial charge in [-0.1, -0.05) is 42.5 Å². The smallest absolute Gasteiger partial charge is 0.325 e. The number of imide groups is 1. The monoisotopic (exact) mass is 459 g/mol. The van der Waals surface area contributed by atoms with Crippen molar-refractivity contribution in [1.29, 1.82) is 0 Å². The zero-order chi connectivity index (χ0) is 23.9. The minimum Gasteiger partial charge on any atom is -0.486 e. The molecule has 4 amide bonds. The molecular formula is C26H25N3O5. The third-order valence-corrected chi connectivity index (χ3v) is 6.35. The van der Waals surface area contributed by atoms with E-state index >= 15 is 0 Å². The van der Waals surface area contributed by atoms with Gasteiger partial charge in [0, 0.05) is 0 Å². The van der Waals surface area contributed by atoms with E-state index in [2.05, 4.69) is 10.6 Å². The van der Waals surface area contributed by atoms with Crippen molar-refractivity contribution in [3.05, 3.63) is 71.8 Å². The highest BCUT2D eigenvalue weighted by Gasteiger charge is 2.49. The van der Waals surface area contributed by atoms with E-state index in [0.29, 0.717) is 30.3 Å². The van der Waals surface area contributed by atoms with Crippen LogP contribution in [-0.2, 0) is 15.1 Å². The number of nitrogens with zero attached hydrogens (tertiary/aromatic N) is 1. The van der Waals surface area contributed by atoms with Gasteiger partial charge in [-0.05, 0) is 53.9 Å². The first-order valence-electron chi connectivity index (χ1n) is 11.2. The largest absolute Gasteiger partial charge is 0.486 e. The molecule has 8 heteroatoms. The summed E-state index contributed by atoms with van der Waals surface area (Å²) in [6, 6.07) is 18.0. The third kappa shape index (κ3) is 3.81. The number of carbonyl (C=O) groups excluding carboxylic acids is 3. The quantitative estimate of drug-likeness (QED) is 0.571. The molecule has 34 heavy (non-hydrogen) atoms. The van der Waals surface area contributed by atoms with Crippen molar-refractivity contribution < 1.29 is 23.9 Å². The molecule has 2 aliphatic heterocycles. The van der Waals surface area contributed by atoms with Gasteiger partial charge in [-0.25, -0.2) is 4.79 Å². The summed E-state index contributed by atoms with van der Waals surface area (Å²) < 4.78 is 11.1. The van der Waals surface area contributed by atoms with E-state index < -0.39 is 23.4 Å². The first kappa shape index (κ1) is 21.8. The van der Waals surface area contributed by atoms with Crippen molar-refractivity contribution in [2.45, 2.75) is 25.4 Å². The molecule has 2 atom stereocenters. The lowest BCUT2D eigenvalue weighted by Crippen LogP contribution is -2.43. The normalized spacial score (nSPS) is 20.2. The molecule has 0 saturated carbocycles. The highest BCUT2D eigenvalue weighted by atomic mass is 16.6. The SMILES string of the molecule is C[C@@H](NC(=O)CN1C(=O)N[C@@](C)(c2ccc3ccccc3c2)C1=O)c1ccc2c(c1)OCCO2.